The van der Waals surface area contributed by atoms with Crippen LogP contribution in [0.4, 0.5) is 0 Å². The van der Waals surface area contributed by atoms with Crippen LogP contribution in [-0.2, 0) is 10.2 Å². The van der Waals surface area contributed by atoms with E-state index in [2.05, 4.69) is 53.7 Å². The van der Waals surface area contributed by atoms with Crippen molar-refractivity contribution in [2.24, 2.45) is 4.99 Å². The summed E-state index contributed by atoms with van der Waals surface area (Å²) in [6, 6.07) is 8.94. The van der Waals surface area contributed by atoms with Crippen LogP contribution in [0.5, 0.6) is 0 Å². The van der Waals surface area contributed by atoms with Crippen molar-refractivity contribution in [3.8, 4) is 0 Å². The Balaban J connectivity index is 0.00000242. The summed E-state index contributed by atoms with van der Waals surface area (Å²) in [5, 5.41) is 6.82. The molecule has 124 valence electrons. The highest BCUT2D eigenvalue weighted by Crippen LogP contribution is 2.48. The van der Waals surface area contributed by atoms with E-state index in [1.165, 1.54) is 24.0 Å². The highest BCUT2D eigenvalue weighted by atomic mass is 127. The van der Waals surface area contributed by atoms with Gasteiger partial charge in [0.05, 0.1) is 6.61 Å². The maximum absolute atomic E-state index is 5.15. The number of guanidine groups is 1. The Hall–Kier alpha value is -0.820. The van der Waals surface area contributed by atoms with Crippen LogP contribution >= 0.6 is 24.0 Å². The second-order valence-electron chi connectivity index (χ2n) is 6.02. The lowest BCUT2D eigenvalue weighted by Gasteiger charge is -2.22. The molecule has 22 heavy (non-hydrogen) atoms. The Morgan fingerprint density at radius 3 is 2.59 bits per heavy atom. The first-order chi connectivity index (χ1) is 10.1. The molecule has 1 unspecified atom stereocenters. The molecule has 0 amide bonds. The molecule has 4 nitrogen and oxygen atoms in total. The summed E-state index contributed by atoms with van der Waals surface area (Å²) < 4.78 is 5.15. The maximum Gasteiger partial charge on any atom is 0.191 e. The normalized spacial score (nSPS) is 17.4. The molecule has 5 heteroatoms. The number of rotatable bonds is 6. The number of methoxy groups -OCH3 is 1. The summed E-state index contributed by atoms with van der Waals surface area (Å²) in [6.45, 7) is 5.88. The predicted octanol–water partition coefficient (Wildman–Crippen LogP) is 2.84. The number of hydrogen-bond acceptors (Lipinski definition) is 2. The summed E-state index contributed by atoms with van der Waals surface area (Å²) in [5.41, 5.74) is 3.14. The Morgan fingerprint density at radius 1 is 1.36 bits per heavy atom. The van der Waals surface area contributed by atoms with Crippen LogP contribution in [0.25, 0.3) is 0 Å². The second-order valence-corrected chi connectivity index (χ2v) is 6.02. The summed E-state index contributed by atoms with van der Waals surface area (Å²) in [5.74, 6) is 0.847. The second kappa shape index (κ2) is 8.72. The van der Waals surface area contributed by atoms with Crippen LogP contribution in [0.3, 0.4) is 0 Å². The van der Waals surface area contributed by atoms with Gasteiger partial charge < -0.3 is 15.4 Å². The smallest absolute Gasteiger partial charge is 0.191 e. The Morgan fingerprint density at radius 2 is 2.05 bits per heavy atom. The number of hydrogen-bond donors (Lipinski definition) is 2. The Labute approximate surface area is 151 Å². The molecule has 2 N–H and O–H groups in total. The summed E-state index contributed by atoms with van der Waals surface area (Å²) in [7, 11) is 3.52. The van der Waals surface area contributed by atoms with Gasteiger partial charge in [0.2, 0.25) is 0 Å². The van der Waals surface area contributed by atoms with Crippen molar-refractivity contribution in [1.29, 1.82) is 0 Å². The lowest BCUT2D eigenvalue weighted by molar-refractivity contribution is 0.179. The summed E-state index contributed by atoms with van der Waals surface area (Å²) in [4.78, 5) is 4.30. The van der Waals surface area contributed by atoms with Gasteiger partial charge in [-0.2, -0.15) is 0 Å². The SMILES string of the molecule is CN=C(NCC1(c2ccccc2C)CC1)NC(C)COC.I. The maximum atomic E-state index is 5.15. The van der Waals surface area contributed by atoms with Crippen LogP contribution in [0.1, 0.15) is 30.9 Å². The third kappa shape index (κ3) is 4.84. The Kier molecular flexibility index (Phi) is 7.62. The van der Waals surface area contributed by atoms with E-state index in [-0.39, 0.29) is 35.4 Å². The molecule has 1 saturated carbocycles. The molecule has 2 rings (SSSR count). The zero-order chi connectivity index (χ0) is 15.3. The summed E-state index contributed by atoms with van der Waals surface area (Å²) >= 11 is 0. The number of aryl methyl sites for hydroxylation is 1. The quantitative estimate of drug-likeness (QED) is 0.425. The van der Waals surface area contributed by atoms with Gasteiger partial charge in [0.1, 0.15) is 0 Å². The lowest BCUT2D eigenvalue weighted by atomic mass is 9.92. The minimum absolute atomic E-state index is 0. The molecule has 0 aromatic heterocycles. The molecule has 0 radical (unpaired) electrons. The van der Waals surface area contributed by atoms with Crippen molar-refractivity contribution in [3.05, 3.63) is 35.4 Å². The van der Waals surface area contributed by atoms with E-state index in [0.717, 1.165) is 12.5 Å². The highest BCUT2D eigenvalue weighted by Gasteiger charge is 2.44. The lowest BCUT2D eigenvalue weighted by Crippen LogP contribution is -2.46. The van der Waals surface area contributed by atoms with E-state index < -0.39 is 0 Å². The first-order valence-corrected chi connectivity index (χ1v) is 7.63. The number of halogens is 1. The van der Waals surface area contributed by atoms with E-state index >= 15 is 0 Å². The van der Waals surface area contributed by atoms with Crippen LogP contribution in [0.2, 0.25) is 0 Å². The minimum atomic E-state index is 0. The van der Waals surface area contributed by atoms with Gasteiger partial charge in [-0.25, -0.2) is 0 Å². The van der Waals surface area contributed by atoms with Gasteiger partial charge in [-0.3, -0.25) is 4.99 Å². The van der Waals surface area contributed by atoms with E-state index in [1.807, 2.05) is 7.05 Å². The van der Waals surface area contributed by atoms with Gasteiger partial charge in [-0.15, -0.1) is 24.0 Å². The number of nitrogens with zero attached hydrogens (tertiary/aromatic N) is 1. The zero-order valence-electron chi connectivity index (χ0n) is 14.0. The number of ether oxygens (including phenoxy) is 1. The molecule has 0 spiro atoms. The first-order valence-electron chi connectivity index (χ1n) is 7.63. The van der Waals surface area contributed by atoms with E-state index in [0.29, 0.717) is 6.61 Å². The van der Waals surface area contributed by atoms with Crippen molar-refractivity contribution < 1.29 is 4.74 Å². The van der Waals surface area contributed by atoms with Gasteiger partial charge in [0.25, 0.3) is 0 Å². The van der Waals surface area contributed by atoms with E-state index in [9.17, 15) is 0 Å². The fourth-order valence-corrected chi connectivity index (χ4v) is 2.83. The molecule has 1 aromatic carbocycles. The average Bonchev–Trinajstić information content (AvgIpc) is 3.25. The zero-order valence-corrected chi connectivity index (χ0v) is 16.3. The number of aliphatic imine (C=N–C) groups is 1. The van der Waals surface area contributed by atoms with E-state index in [4.69, 9.17) is 4.74 Å². The van der Waals surface area contributed by atoms with Gasteiger partial charge in [-0.1, -0.05) is 24.3 Å². The van der Waals surface area contributed by atoms with Gasteiger partial charge in [0, 0.05) is 32.2 Å². The average molecular weight is 417 g/mol. The van der Waals surface area contributed by atoms with Crippen LogP contribution in [0, 0.1) is 6.92 Å². The molecule has 1 atom stereocenters. The molecule has 1 aliphatic rings. The third-order valence-electron chi connectivity index (χ3n) is 4.19. The molecule has 1 aliphatic carbocycles. The fraction of sp³-hybridized carbons (Fsp3) is 0.588. The van der Waals surface area contributed by atoms with Crippen molar-refractivity contribution in [2.75, 3.05) is 27.3 Å². The summed E-state index contributed by atoms with van der Waals surface area (Å²) in [6.07, 6.45) is 2.49. The molecule has 0 aliphatic heterocycles. The monoisotopic (exact) mass is 417 g/mol. The topological polar surface area (TPSA) is 45.7 Å². The molecule has 1 aromatic rings. The largest absolute Gasteiger partial charge is 0.383 e. The molecular weight excluding hydrogens is 389 g/mol. The standard InChI is InChI=1S/C17H27N3O.HI/c1-13-7-5-6-8-15(13)17(9-10-17)12-19-16(18-3)20-14(2)11-21-4;/h5-8,14H,9-12H2,1-4H3,(H2,18,19,20);1H. The molecular formula is C17H28IN3O. The van der Waals surface area contributed by atoms with Gasteiger partial charge in [-0.05, 0) is 37.8 Å². The van der Waals surface area contributed by atoms with E-state index in [1.54, 1.807) is 7.11 Å². The van der Waals surface area contributed by atoms with Gasteiger partial charge >= 0.3 is 0 Å². The van der Waals surface area contributed by atoms with Crippen molar-refractivity contribution in [1.82, 2.24) is 10.6 Å². The van der Waals surface area contributed by atoms with Crippen molar-refractivity contribution >= 4 is 29.9 Å². The Bertz CT molecular complexity index is 500. The fourth-order valence-electron chi connectivity index (χ4n) is 2.83. The first kappa shape index (κ1) is 19.2. The van der Waals surface area contributed by atoms with Crippen LogP contribution in [-0.4, -0.2) is 39.3 Å². The molecule has 0 heterocycles. The molecule has 0 bridgehead atoms. The predicted molar refractivity (Wildman–Crippen MR) is 103 cm³/mol. The van der Waals surface area contributed by atoms with Crippen molar-refractivity contribution in [3.63, 3.8) is 0 Å². The van der Waals surface area contributed by atoms with Crippen LogP contribution < -0.4 is 10.6 Å². The number of nitrogens with one attached hydrogen (secondary N) is 2. The van der Waals surface area contributed by atoms with Crippen molar-refractivity contribution in [2.45, 2.75) is 38.1 Å². The molecule has 1 fully saturated rings. The van der Waals surface area contributed by atoms with Crippen LogP contribution in [0.15, 0.2) is 29.3 Å². The third-order valence-corrected chi connectivity index (χ3v) is 4.19. The minimum Gasteiger partial charge on any atom is -0.383 e. The highest BCUT2D eigenvalue weighted by molar-refractivity contribution is 14.0. The molecule has 0 saturated heterocycles. The van der Waals surface area contributed by atoms with Gasteiger partial charge in [0.15, 0.2) is 5.96 Å². The number of benzene rings is 1.